The molecule has 0 bridgehead atoms. The summed E-state index contributed by atoms with van der Waals surface area (Å²) in [6.07, 6.45) is 1.81. The molecule has 0 aliphatic carbocycles. The first kappa shape index (κ1) is 13.2. The van der Waals surface area contributed by atoms with Gasteiger partial charge in [0.1, 0.15) is 5.65 Å². The van der Waals surface area contributed by atoms with Gasteiger partial charge in [0.05, 0.1) is 17.8 Å². The molecule has 1 aromatic carbocycles. The number of hydrogen-bond acceptors (Lipinski definition) is 3. The summed E-state index contributed by atoms with van der Waals surface area (Å²) in [5.74, 6) is -0.886. The van der Waals surface area contributed by atoms with Crippen molar-refractivity contribution in [3.05, 3.63) is 53.9 Å². The summed E-state index contributed by atoms with van der Waals surface area (Å²) in [6.45, 7) is 1.96. The molecule has 5 nitrogen and oxygen atoms in total. The predicted molar refractivity (Wildman–Crippen MR) is 81.1 cm³/mol. The summed E-state index contributed by atoms with van der Waals surface area (Å²) in [7, 11) is 0. The number of aliphatic carboxylic acids is 1. The number of fused-ring (bicyclic) bond motifs is 1. The van der Waals surface area contributed by atoms with E-state index < -0.39 is 5.97 Å². The highest BCUT2D eigenvalue weighted by Gasteiger charge is 2.16. The molecule has 0 spiro atoms. The highest BCUT2D eigenvalue weighted by atomic mass is 16.4. The molecule has 0 saturated carbocycles. The van der Waals surface area contributed by atoms with E-state index in [0.717, 1.165) is 16.8 Å². The smallest absolute Gasteiger partial charge is 0.309 e. The van der Waals surface area contributed by atoms with Crippen LogP contribution in [0, 0.1) is 6.92 Å². The zero-order valence-electron chi connectivity index (χ0n) is 11.6. The lowest BCUT2D eigenvalue weighted by molar-refractivity contribution is -0.136. The van der Waals surface area contributed by atoms with Gasteiger partial charge in [-0.15, -0.1) is 0 Å². The third-order valence-electron chi connectivity index (χ3n) is 3.34. The molecule has 0 aliphatic rings. The molecular weight excluding hydrogens is 266 g/mol. The number of carboxylic acid groups (broad SMARTS) is 1. The fourth-order valence-corrected chi connectivity index (χ4v) is 2.43. The zero-order chi connectivity index (χ0) is 15.0. The first-order valence-electron chi connectivity index (χ1n) is 6.60. The van der Waals surface area contributed by atoms with Gasteiger partial charge in [-0.05, 0) is 30.7 Å². The summed E-state index contributed by atoms with van der Waals surface area (Å²) in [6, 6.07) is 11.2. The largest absolute Gasteiger partial charge is 0.481 e. The molecule has 3 aromatic rings. The highest BCUT2D eigenvalue weighted by molar-refractivity contribution is 5.77. The standard InChI is InChI=1S/C16H15N3O2/c1-10-5-6-14-18-16(11-3-2-4-12(17)7-11)13(8-15(20)21)19(14)9-10/h2-7,9H,8,17H2,1H3,(H,20,21). The van der Waals surface area contributed by atoms with Crippen molar-refractivity contribution >= 4 is 17.3 Å². The lowest BCUT2D eigenvalue weighted by Crippen LogP contribution is -2.05. The SMILES string of the molecule is Cc1ccc2nc(-c3cccc(N)c3)c(CC(=O)O)n2c1. The predicted octanol–water partition coefficient (Wildman–Crippen LogP) is 2.52. The van der Waals surface area contributed by atoms with E-state index >= 15 is 0 Å². The third-order valence-corrected chi connectivity index (χ3v) is 3.34. The summed E-state index contributed by atoms with van der Waals surface area (Å²) in [5, 5.41) is 9.17. The van der Waals surface area contributed by atoms with Gasteiger partial charge in [0.15, 0.2) is 0 Å². The van der Waals surface area contributed by atoms with Gasteiger partial charge in [-0.3, -0.25) is 4.79 Å². The Hall–Kier alpha value is -2.82. The monoisotopic (exact) mass is 281 g/mol. The molecule has 0 atom stereocenters. The van der Waals surface area contributed by atoms with E-state index in [4.69, 9.17) is 5.73 Å². The summed E-state index contributed by atoms with van der Waals surface area (Å²) in [5.41, 5.74) is 10.4. The van der Waals surface area contributed by atoms with Crippen LogP contribution in [0.1, 0.15) is 11.3 Å². The van der Waals surface area contributed by atoms with E-state index in [0.29, 0.717) is 17.1 Å². The maximum atomic E-state index is 11.2. The van der Waals surface area contributed by atoms with E-state index in [1.165, 1.54) is 0 Å². The maximum absolute atomic E-state index is 11.2. The average molecular weight is 281 g/mol. The van der Waals surface area contributed by atoms with Crippen molar-refractivity contribution in [1.82, 2.24) is 9.38 Å². The van der Waals surface area contributed by atoms with Gasteiger partial charge < -0.3 is 15.2 Å². The van der Waals surface area contributed by atoms with Crippen LogP contribution in [-0.2, 0) is 11.2 Å². The Morgan fingerprint density at radius 3 is 2.86 bits per heavy atom. The number of benzene rings is 1. The topological polar surface area (TPSA) is 80.6 Å². The number of rotatable bonds is 3. The second-order valence-electron chi connectivity index (χ2n) is 5.04. The average Bonchev–Trinajstić information content (AvgIpc) is 2.76. The minimum absolute atomic E-state index is 0.0885. The van der Waals surface area contributed by atoms with E-state index in [1.54, 1.807) is 12.1 Å². The van der Waals surface area contributed by atoms with Crippen LogP contribution in [0.15, 0.2) is 42.6 Å². The summed E-state index contributed by atoms with van der Waals surface area (Å²) < 4.78 is 1.84. The number of carboxylic acids is 1. The molecule has 3 rings (SSSR count). The van der Waals surface area contributed by atoms with Crippen molar-refractivity contribution < 1.29 is 9.90 Å². The number of aryl methyl sites for hydroxylation is 1. The van der Waals surface area contributed by atoms with Crippen molar-refractivity contribution in [3.8, 4) is 11.3 Å². The lowest BCUT2D eigenvalue weighted by Gasteiger charge is -2.04. The molecule has 0 saturated heterocycles. The van der Waals surface area contributed by atoms with Crippen molar-refractivity contribution in [3.63, 3.8) is 0 Å². The number of nitrogens with two attached hydrogens (primary N) is 1. The van der Waals surface area contributed by atoms with Gasteiger partial charge in [-0.25, -0.2) is 4.98 Å². The molecule has 0 unspecified atom stereocenters. The second-order valence-corrected chi connectivity index (χ2v) is 5.04. The molecule has 0 fully saturated rings. The number of nitrogen functional groups attached to an aromatic ring is 1. The normalized spacial score (nSPS) is 10.9. The number of carbonyl (C=O) groups is 1. The number of anilines is 1. The van der Waals surface area contributed by atoms with Gasteiger partial charge in [0.2, 0.25) is 0 Å². The number of pyridine rings is 1. The van der Waals surface area contributed by atoms with Crippen molar-refractivity contribution in [2.75, 3.05) is 5.73 Å². The minimum Gasteiger partial charge on any atom is -0.481 e. The molecule has 0 amide bonds. The maximum Gasteiger partial charge on any atom is 0.309 e. The Labute approximate surface area is 121 Å². The van der Waals surface area contributed by atoms with Gasteiger partial charge in [-0.2, -0.15) is 0 Å². The Kier molecular flexibility index (Phi) is 3.10. The number of nitrogens with zero attached hydrogens (tertiary/aromatic N) is 2. The van der Waals surface area contributed by atoms with Crippen LogP contribution < -0.4 is 5.73 Å². The molecule has 0 radical (unpaired) electrons. The van der Waals surface area contributed by atoms with Crippen LogP contribution in [0.25, 0.3) is 16.9 Å². The highest BCUT2D eigenvalue weighted by Crippen LogP contribution is 2.26. The van der Waals surface area contributed by atoms with E-state index in [9.17, 15) is 9.90 Å². The Morgan fingerprint density at radius 2 is 2.14 bits per heavy atom. The van der Waals surface area contributed by atoms with Crippen LogP contribution in [0.3, 0.4) is 0 Å². The molecular formula is C16H15N3O2. The van der Waals surface area contributed by atoms with Crippen LogP contribution in [0.2, 0.25) is 0 Å². The number of aromatic nitrogens is 2. The zero-order valence-corrected chi connectivity index (χ0v) is 11.6. The molecule has 2 aromatic heterocycles. The lowest BCUT2D eigenvalue weighted by atomic mass is 10.1. The quantitative estimate of drug-likeness (QED) is 0.723. The molecule has 3 N–H and O–H groups in total. The third kappa shape index (κ3) is 2.45. The van der Waals surface area contributed by atoms with Crippen LogP contribution >= 0.6 is 0 Å². The van der Waals surface area contributed by atoms with E-state index in [-0.39, 0.29) is 6.42 Å². The molecule has 0 aliphatic heterocycles. The van der Waals surface area contributed by atoms with Crippen LogP contribution in [-0.4, -0.2) is 20.5 Å². The van der Waals surface area contributed by atoms with Gasteiger partial charge in [-0.1, -0.05) is 18.2 Å². The first-order chi connectivity index (χ1) is 10.0. The Bertz CT molecular complexity index is 837. The number of imidazole rings is 1. The summed E-state index contributed by atoms with van der Waals surface area (Å²) in [4.78, 5) is 15.7. The fourth-order valence-electron chi connectivity index (χ4n) is 2.43. The molecule has 106 valence electrons. The Morgan fingerprint density at radius 1 is 1.33 bits per heavy atom. The summed E-state index contributed by atoms with van der Waals surface area (Å²) >= 11 is 0. The van der Waals surface area contributed by atoms with Crippen molar-refractivity contribution in [2.45, 2.75) is 13.3 Å². The fraction of sp³-hybridized carbons (Fsp3) is 0.125. The molecule has 2 heterocycles. The van der Waals surface area contributed by atoms with Crippen molar-refractivity contribution in [2.24, 2.45) is 0 Å². The van der Waals surface area contributed by atoms with Crippen LogP contribution in [0.4, 0.5) is 5.69 Å². The molecule has 21 heavy (non-hydrogen) atoms. The molecule has 5 heteroatoms. The Balaban J connectivity index is 2.28. The van der Waals surface area contributed by atoms with Gasteiger partial charge >= 0.3 is 5.97 Å². The first-order valence-corrected chi connectivity index (χ1v) is 6.60. The van der Waals surface area contributed by atoms with Gasteiger partial charge in [0.25, 0.3) is 0 Å². The van der Waals surface area contributed by atoms with Crippen LogP contribution in [0.5, 0.6) is 0 Å². The second kappa shape index (κ2) is 4.94. The van der Waals surface area contributed by atoms with Gasteiger partial charge in [0, 0.05) is 17.4 Å². The van der Waals surface area contributed by atoms with Crippen molar-refractivity contribution in [1.29, 1.82) is 0 Å². The number of hydrogen-bond donors (Lipinski definition) is 2. The van der Waals surface area contributed by atoms with E-state index in [1.807, 2.05) is 41.8 Å². The minimum atomic E-state index is -0.886. The van der Waals surface area contributed by atoms with E-state index in [2.05, 4.69) is 4.98 Å².